The number of rotatable bonds is 5. The van der Waals surface area contributed by atoms with Crippen LogP contribution >= 0.6 is 0 Å². The summed E-state index contributed by atoms with van der Waals surface area (Å²) in [6.07, 6.45) is -4.55. The number of piperazine rings is 1. The lowest BCUT2D eigenvalue weighted by Gasteiger charge is -2.40. The van der Waals surface area contributed by atoms with E-state index >= 15 is 0 Å². The highest BCUT2D eigenvalue weighted by molar-refractivity contribution is 7.92. The van der Waals surface area contributed by atoms with E-state index in [9.17, 15) is 36.5 Å². The van der Waals surface area contributed by atoms with Crippen molar-refractivity contribution < 1.29 is 36.0 Å². The standard InChI is InChI=1S/C22H23F3N4O6S/c1-14-5-6-17-18(28(14)36(33,34)16-4-2-3-15(13-16)29(31)32)7-8-19(35-21(30)22(23,24)25)20(17)27-11-9-26-10-12-27/h2-4,7-8,13-14,26H,5-6,9-12H2,1H3. The van der Waals surface area contributed by atoms with Crippen LogP contribution in [-0.4, -0.2) is 57.7 Å². The number of esters is 1. The van der Waals surface area contributed by atoms with Crippen LogP contribution in [0.25, 0.3) is 0 Å². The van der Waals surface area contributed by atoms with Gasteiger partial charge < -0.3 is 15.0 Å². The van der Waals surface area contributed by atoms with Crippen LogP contribution < -0.4 is 19.3 Å². The zero-order valence-electron chi connectivity index (χ0n) is 19.1. The third-order valence-electron chi connectivity index (χ3n) is 6.12. The molecule has 36 heavy (non-hydrogen) atoms. The first-order chi connectivity index (χ1) is 16.9. The number of benzene rings is 2. The molecule has 1 atom stereocenters. The summed E-state index contributed by atoms with van der Waals surface area (Å²) in [6.45, 7) is 3.55. The summed E-state index contributed by atoms with van der Waals surface area (Å²) in [6, 6.07) is 6.59. The van der Waals surface area contributed by atoms with E-state index in [0.29, 0.717) is 44.6 Å². The Labute approximate surface area is 204 Å². The Morgan fingerprint density at radius 2 is 1.89 bits per heavy atom. The number of alkyl halides is 3. The molecule has 2 aromatic carbocycles. The Balaban J connectivity index is 1.85. The van der Waals surface area contributed by atoms with Crippen molar-refractivity contribution in [2.24, 2.45) is 0 Å². The van der Waals surface area contributed by atoms with Gasteiger partial charge in [0.25, 0.3) is 15.7 Å². The third kappa shape index (κ3) is 4.82. The minimum atomic E-state index is -5.21. The third-order valence-corrected chi connectivity index (χ3v) is 8.05. The number of nitro groups is 1. The maximum absolute atomic E-state index is 13.7. The Bertz CT molecular complexity index is 1300. The fourth-order valence-corrected chi connectivity index (χ4v) is 6.23. The van der Waals surface area contributed by atoms with Crippen LogP contribution in [0.2, 0.25) is 0 Å². The number of hydrogen-bond acceptors (Lipinski definition) is 8. The SMILES string of the molecule is CC1CCc2c(ccc(OC(=O)C(F)(F)F)c2N2CCNCC2)N1S(=O)(=O)c1cccc([N+](=O)[O-])c1. The van der Waals surface area contributed by atoms with Crippen LogP contribution in [0.15, 0.2) is 41.3 Å². The number of nitrogens with zero attached hydrogens (tertiary/aromatic N) is 3. The molecule has 0 amide bonds. The molecule has 14 heteroatoms. The largest absolute Gasteiger partial charge is 0.491 e. The quantitative estimate of drug-likeness (QED) is 0.272. The fraction of sp³-hybridized carbons (Fsp3) is 0.409. The molecule has 1 saturated heterocycles. The van der Waals surface area contributed by atoms with E-state index in [4.69, 9.17) is 4.74 Å². The van der Waals surface area contributed by atoms with E-state index < -0.39 is 38.8 Å². The molecular weight excluding hydrogens is 505 g/mol. The number of non-ortho nitro benzene ring substituents is 1. The van der Waals surface area contributed by atoms with Gasteiger partial charge in [0, 0.05) is 49.9 Å². The molecule has 0 radical (unpaired) electrons. The van der Waals surface area contributed by atoms with Crippen molar-refractivity contribution >= 4 is 33.1 Å². The number of halogens is 3. The second-order valence-corrected chi connectivity index (χ2v) is 10.3. The molecular formula is C22H23F3N4O6S. The lowest BCUT2D eigenvalue weighted by atomic mass is 9.95. The molecule has 194 valence electrons. The summed E-state index contributed by atoms with van der Waals surface area (Å²) < 4.78 is 72.1. The first-order valence-corrected chi connectivity index (χ1v) is 12.5. The van der Waals surface area contributed by atoms with Crippen molar-refractivity contribution in [1.82, 2.24) is 5.32 Å². The topological polar surface area (TPSA) is 122 Å². The molecule has 2 aliphatic heterocycles. The lowest BCUT2D eigenvalue weighted by molar-refractivity contribution is -0.385. The number of sulfonamides is 1. The van der Waals surface area contributed by atoms with Gasteiger partial charge in [-0.05, 0) is 38.0 Å². The fourth-order valence-electron chi connectivity index (χ4n) is 4.48. The molecule has 1 fully saturated rings. The normalized spacial score (nSPS) is 18.5. The summed E-state index contributed by atoms with van der Waals surface area (Å²) in [5.41, 5.74) is 0.492. The van der Waals surface area contributed by atoms with E-state index in [-0.39, 0.29) is 22.0 Å². The van der Waals surface area contributed by atoms with Crippen molar-refractivity contribution in [2.45, 2.75) is 36.9 Å². The predicted molar refractivity (Wildman–Crippen MR) is 124 cm³/mol. The molecule has 2 heterocycles. The highest BCUT2D eigenvalue weighted by Gasteiger charge is 2.43. The van der Waals surface area contributed by atoms with Gasteiger partial charge in [-0.2, -0.15) is 13.2 Å². The monoisotopic (exact) mass is 528 g/mol. The lowest BCUT2D eigenvalue weighted by Crippen LogP contribution is -2.46. The zero-order chi connectivity index (χ0) is 26.3. The number of anilines is 2. The molecule has 1 unspecified atom stereocenters. The van der Waals surface area contributed by atoms with Gasteiger partial charge in [0.15, 0.2) is 5.75 Å². The smallest absolute Gasteiger partial charge is 0.418 e. The first-order valence-electron chi connectivity index (χ1n) is 11.1. The number of nitro benzene ring substituents is 1. The van der Waals surface area contributed by atoms with E-state index in [1.54, 1.807) is 11.8 Å². The molecule has 0 aromatic heterocycles. The van der Waals surface area contributed by atoms with Gasteiger partial charge in [-0.1, -0.05) is 6.07 Å². The van der Waals surface area contributed by atoms with Gasteiger partial charge >= 0.3 is 12.1 Å². The molecule has 0 spiro atoms. The molecule has 2 aromatic rings. The minimum Gasteiger partial charge on any atom is -0.418 e. The van der Waals surface area contributed by atoms with Crippen molar-refractivity contribution in [2.75, 3.05) is 35.4 Å². The van der Waals surface area contributed by atoms with Crippen LogP contribution in [0.5, 0.6) is 5.75 Å². The summed E-state index contributed by atoms with van der Waals surface area (Å²) in [4.78, 5) is 23.6. The molecule has 1 N–H and O–H groups in total. The van der Waals surface area contributed by atoms with Crippen molar-refractivity contribution in [3.8, 4) is 5.75 Å². The molecule has 0 bridgehead atoms. The van der Waals surface area contributed by atoms with Crippen molar-refractivity contribution in [3.05, 3.63) is 52.1 Å². The predicted octanol–water partition coefficient (Wildman–Crippen LogP) is 3.00. The Morgan fingerprint density at radius 3 is 2.53 bits per heavy atom. The van der Waals surface area contributed by atoms with Crippen LogP contribution in [0.4, 0.5) is 30.2 Å². The molecule has 10 nitrogen and oxygen atoms in total. The maximum atomic E-state index is 13.7. The average Bonchev–Trinajstić information content (AvgIpc) is 2.83. The number of fused-ring (bicyclic) bond motifs is 1. The molecule has 0 aliphatic carbocycles. The highest BCUT2D eigenvalue weighted by Crippen LogP contribution is 2.45. The van der Waals surface area contributed by atoms with Gasteiger partial charge in [0.2, 0.25) is 0 Å². The number of hydrogen-bond donors (Lipinski definition) is 1. The van der Waals surface area contributed by atoms with Crippen LogP contribution in [0.3, 0.4) is 0 Å². The van der Waals surface area contributed by atoms with Gasteiger partial charge in [-0.25, -0.2) is 13.2 Å². The summed E-state index contributed by atoms with van der Waals surface area (Å²) in [7, 11) is -4.28. The van der Waals surface area contributed by atoms with E-state index in [1.807, 2.05) is 0 Å². The van der Waals surface area contributed by atoms with E-state index in [0.717, 1.165) is 16.4 Å². The summed E-state index contributed by atoms with van der Waals surface area (Å²) >= 11 is 0. The Kier molecular flexibility index (Phi) is 6.84. The second kappa shape index (κ2) is 9.58. The molecule has 0 saturated carbocycles. The van der Waals surface area contributed by atoms with Crippen molar-refractivity contribution in [1.29, 1.82) is 0 Å². The van der Waals surface area contributed by atoms with Gasteiger partial charge in [-0.15, -0.1) is 0 Å². The van der Waals surface area contributed by atoms with Gasteiger partial charge in [0.1, 0.15) is 0 Å². The van der Waals surface area contributed by atoms with E-state index in [1.165, 1.54) is 24.3 Å². The number of carbonyl (C=O) groups excluding carboxylic acids is 1. The molecule has 4 rings (SSSR count). The van der Waals surface area contributed by atoms with Crippen LogP contribution in [0, 0.1) is 10.1 Å². The Hall–Kier alpha value is -3.39. The first kappa shape index (κ1) is 25.7. The second-order valence-electron chi connectivity index (χ2n) is 8.48. The summed E-state index contributed by atoms with van der Waals surface area (Å²) in [5, 5.41) is 14.3. The Morgan fingerprint density at radius 1 is 1.19 bits per heavy atom. The summed E-state index contributed by atoms with van der Waals surface area (Å²) in [5.74, 6) is -2.68. The van der Waals surface area contributed by atoms with Gasteiger partial charge in [-0.3, -0.25) is 14.4 Å². The highest BCUT2D eigenvalue weighted by atomic mass is 32.2. The minimum absolute atomic E-state index is 0.223. The average molecular weight is 529 g/mol. The van der Waals surface area contributed by atoms with Crippen LogP contribution in [0.1, 0.15) is 18.9 Å². The molecule has 2 aliphatic rings. The number of carbonyl (C=O) groups is 1. The maximum Gasteiger partial charge on any atom is 0.491 e. The van der Waals surface area contributed by atoms with Crippen molar-refractivity contribution in [3.63, 3.8) is 0 Å². The number of nitrogens with one attached hydrogen (secondary N) is 1. The zero-order valence-corrected chi connectivity index (χ0v) is 19.9. The van der Waals surface area contributed by atoms with Gasteiger partial charge in [0.05, 0.1) is 21.2 Å². The van der Waals surface area contributed by atoms with Crippen LogP contribution in [-0.2, 0) is 21.2 Å². The van der Waals surface area contributed by atoms with E-state index in [2.05, 4.69) is 5.32 Å². The number of ether oxygens (including phenoxy) is 1.